The number of anilines is 1. The Morgan fingerprint density at radius 2 is 2.12 bits per heavy atom. The lowest BCUT2D eigenvalue weighted by Gasteiger charge is -1.98. The van der Waals surface area contributed by atoms with Crippen molar-refractivity contribution in [2.75, 3.05) is 5.73 Å². The van der Waals surface area contributed by atoms with Crippen LogP contribution in [0.3, 0.4) is 0 Å². The normalized spacial score (nSPS) is 11.3. The van der Waals surface area contributed by atoms with Crippen LogP contribution in [0.25, 0.3) is 10.6 Å². The fourth-order valence-electron chi connectivity index (χ4n) is 1.67. The summed E-state index contributed by atoms with van der Waals surface area (Å²) in [5.74, 6) is 0.638. The average molecular weight is 267 g/mol. The predicted octanol–water partition coefficient (Wildman–Crippen LogP) is 3.61. The number of nitrogen functional groups attached to an aromatic ring is 1. The first kappa shape index (κ1) is 12.5. The van der Waals surface area contributed by atoms with Crippen LogP contribution in [0, 0.1) is 5.92 Å². The molecule has 0 atom stereocenters. The van der Waals surface area contributed by atoms with E-state index in [9.17, 15) is 0 Å². The molecule has 0 unspecified atom stereocenters. The minimum Gasteiger partial charge on any atom is -0.375 e. The van der Waals surface area contributed by atoms with Crippen molar-refractivity contribution in [3.63, 3.8) is 0 Å². The maximum Gasteiger partial charge on any atom is 0.180 e. The second-order valence-electron chi connectivity index (χ2n) is 4.41. The predicted molar refractivity (Wildman–Crippen MR) is 75.6 cm³/mol. The molecule has 2 N–H and O–H groups in total. The van der Waals surface area contributed by atoms with Crippen LogP contribution < -0.4 is 5.73 Å². The van der Waals surface area contributed by atoms with Crippen molar-refractivity contribution in [3.05, 3.63) is 16.1 Å². The van der Waals surface area contributed by atoms with Crippen LogP contribution in [-0.4, -0.2) is 9.97 Å². The van der Waals surface area contributed by atoms with E-state index in [2.05, 4.69) is 25.8 Å². The van der Waals surface area contributed by atoms with Gasteiger partial charge in [-0.2, -0.15) is 0 Å². The molecular weight excluding hydrogens is 250 g/mol. The van der Waals surface area contributed by atoms with Crippen molar-refractivity contribution < 1.29 is 0 Å². The lowest BCUT2D eigenvalue weighted by molar-refractivity contribution is 0.643. The Kier molecular flexibility index (Phi) is 3.79. The largest absolute Gasteiger partial charge is 0.375 e. The third kappa shape index (κ3) is 2.84. The molecule has 5 heteroatoms. The zero-order chi connectivity index (χ0) is 12.4. The number of thiazole rings is 2. The topological polar surface area (TPSA) is 51.8 Å². The van der Waals surface area contributed by atoms with Crippen molar-refractivity contribution in [1.82, 2.24) is 9.97 Å². The van der Waals surface area contributed by atoms with Gasteiger partial charge in [0.05, 0.1) is 21.3 Å². The van der Waals surface area contributed by atoms with E-state index in [1.54, 1.807) is 11.3 Å². The first-order chi connectivity index (χ1) is 8.10. The third-order valence-corrected chi connectivity index (χ3v) is 4.23. The van der Waals surface area contributed by atoms with Gasteiger partial charge in [0, 0.05) is 11.8 Å². The molecule has 0 radical (unpaired) electrons. The maximum absolute atomic E-state index is 5.69. The minimum absolute atomic E-state index is 0.626. The molecule has 2 aromatic rings. The minimum atomic E-state index is 0.626. The van der Waals surface area contributed by atoms with E-state index < -0.39 is 0 Å². The Bertz CT molecular complexity index is 500. The molecule has 17 heavy (non-hydrogen) atoms. The highest BCUT2D eigenvalue weighted by molar-refractivity contribution is 7.16. The summed E-state index contributed by atoms with van der Waals surface area (Å²) in [6.45, 7) is 6.56. The summed E-state index contributed by atoms with van der Waals surface area (Å²) in [5, 5.41) is 3.85. The monoisotopic (exact) mass is 267 g/mol. The molecule has 2 rings (SSSR count). The van der Waals surface area contributed by atoms with E-state index >= 15 is 0 Å². The van der Waals surface area contributed by atoms with Crippen LogP contribution in [0.5, 0.6) is 0 Å². The Morgan fingerprint density at radius 3 is 2.65 bits per heavy atom. The quantitative estimate of drug-likeness (QED) is 0.920. The molecule has 0 saturated carbocycles. The number of nitrogens with two attached hydrogens (primary N) is 1. The van der Waals surface area contributed by atoms with E-state index in [4.69, 9.17) is 10.7 Å². The summed E-state index contributed by atoms with van der Waals surface area (Å²) < 4.78 is 0. The lowest BCUT2D eigenvalue weighted by atomic mass is 10.1. The molecule has 0 aromatic carbocycles. The molecule has 0 amide bonds. The summed E-state index contributed by atoms with van der Waals surface area (Å²) in [5.41, 5.74) is 7.82. The van der Waals surface area contributed by atoms with Gasteiger partial charge in [-0.25, -0.2) is 9.97 Å². The third-order valence-electron chi connectivity index (χ3n) is 2.41. The smallest absolute Gasteiger partial charge is 0.180 e. The van der Waals surface area contributed by atoms with Crippen LogP contribution in [0.15, 0.2) is 5.38 Å². The first-order valence-corrected chi connectivity index (χ1v) is 7.49. The van der Waals surface area contributed by atoms with Crippen molar-refractivity contribution in [2.45, 2.75) is 33.6 Å². The zero-order valence-electron chi connectivity index (χ0n) is 10.4. The lowest BCUT2D eigenvalue weighted by Crippen LogP contribution is -1.93. The Hall–Kier alpha value is -0.940. The van der Waals surface area contributed by atoms with Crippen LogP contribution in [-0.2, 0) is 12.8 Å². The zero-order valence-corrected chi connectivity index (χ0v) is 12.0. The van der Waals surface area contributed by atoms with Gasteiger partial charge >= 0.3 is 0 Å². The number of aryl methyl sites for hydroxylation is 1. The van der Waals surface area contributed by atoms with Gasteiger partial charge in [-0.15, -0.1) is 22.7 Å². The standard InChI is InChI=1S/C12H17N3S2/c1-4-8-11(9-6-16-12(13)15-9)17-10(14-8)5-7(2)3/h6-7H,4-5H2,1-3H3,(H2,13,15). The van der Waals surface area contributed by atoms with E-state index in [1.165, 1.54) is 21.2 Å². The van der Waals surface area contributed by atoms with Crippen molar-refractivity contribution in [3.8, 4) is 10.6 Å². The molecule has 0 saturated heterocycles. The number of hydrogen-bond donors (Lipinski definition) is 1. The second-order valence-corrected chi connectivity index (χ2v) is 6.38. The van der Waals surface area contributed by atoms with E-state index in [1.807, 2.05) is 5.38 Å². The maximum atomic E-state index is 5.69. The highest BCUT2D eigenvalue weighted by Gasteiger charge is 2.14. The molecule has 0 aliphatic carbocycles. The van der Waals surface area contributed by atoms with E-state index in [-0.39, 0.29) is 0 Å². The van der Waals surface area contributed by atoms with Gasteiger partial charge < -0.3 is 5.73 Å². The summed E-state index contributed by atoms with van der Waals surface area (Å²) in [6.07, 6.45) is 1.98. The molecule has 0 spiro atoms. The molecule has 0 aliphatic rings. The number of rotatable bonds is 4. The molecule has 3 nitrogen and oxygen atoms in total. The fraction of sp³-hybridized carbons (Fsp3) is 0.500. The summed E-state index contributed by atoms with van der Waals surface area (Å²) in [6, 6.07) is 0. The van der Waals surface area contributed by atoms with Gasteiger partial charge in [-0.05, 0) is 12.3 Å². The van der Waals surface area contributed by atoms with Gasteiger partial charge in [0.2, 0.25) is 0 Å². The van der Waals surface area contributed by atoms with Crippen LogP contribution >= 0.6 is 22.7 Å². The van der Waals surface area contributed by atoms with Crippen molar-refractivity contribution in [1.29, 1.82) is 0 Å². The van der Waals surface area contributed by atoms with Crippen molar-refractivity contribution >= 4 is 27.8 Å². The van der Waals surface area contributed by atoms with Gasteiger partial charge in [-0.3, -0.25) is 0 Å². The summed E-state index contributed by atoms with van der Waals surface area (Å²) in [4.78, 5) is 10.2. The van der Waals surface area contributed by atoms with Crippen LogP contribution in [0.2, 0.25) is 0 Å². The second kappa shape index (κ2) is 5.14. The SMILES string of the molecule is CCc1nc(CC(C)C)sc1-c1csc(N)n1. The fourth-order valence-corrected chi connectivity index (χ4v) is 3.62. The number of aromatic nitrogens is 2. The molecule has 2 aromatic heterocycles. The van der Waals surface area contributed by atoms with Crippen molar-refractivity contribution in [2.24, 2.45) is 5.92 Å². The Balaban J connectivity index is 2.35. The number of hydrogen-bond acceptors (Lipinski definition) is 5. The van der Waals surface area contributed by atoms with Crippen LogP contribution in [0.1, 0.15) is 31.5 Å². The van der Waals surface area contributed by atoms with E-state index in [0.717, 1.165) is 24.2 Å². The van der Waals surface area contributed by atoms with Gasteiger partial charge in [0.25, 0.3) is 0 Å². The average Bonchev–Trinajstić information content (AvgIpc) is 2.83. The summed E-state index contributed by atoms with van der Waals surface area (Å²) in [7, 11) is 0. The molecule has 0 bridgehead atoms. The molecular formula is C12H17N3S2. The molecule has 0 fully saturated rings. The Morgan fingerprint density at radius 1 is 1.35 bits per heavy atom. The van der Waals surface area contributed by atoms with Gasteiger partial charge in [-0.1, -0.05) is 20.8 Å². The molecule has 92 valence electrons. The number of nitrogens with zero attached hydrogens (tertiary/aromatic N) is 2. The highest BCUT2D eigenvalue weighted by atomic mass is 32.1. The molecule has 2 heterocycles. The van der Waals surface area contributed by atoms with Gasteiger partial charge in [0.15, 0.2) is 5.13 Å². The molecule has 0 aliphatic heterocycles. The van der Waals surface area contributed by atoms with E-state index in [0.29, 0.717) is 11.0 Å². The summed E-state index contributed by atoms with van der Waals surface area (Å²) >= 11 is 3.24. The van der Waals surface area contributed by atoms with Crippen LogP contribution in [0.4, 0.5) is 5.13 Å². The van der Waals surface area contributed by atoms with Gasteiger partial charge in [0.1, 0.15) is 0 Å². The Labute approximate surface area is 110 Å². The highest BCUT2D eigenvalue weighted by Crippen LogP contribution is 2.33. The first-order valence-electron chi connectivity index (χ1n) is 5.80.